The number of aryl methyl sites for hydroxylation is 2. The molecular formula is C23H25N7. The number of nitrogens with two attached hydrogens (primary N) is 1. The highest BCUT2D eigenvalue weighted by Crippen LogP contribution is 2.42. The molecule has 0 aromatic carbocycles. The van der Waals surface area contributed by atoms with Gasteiger partial charge in [0.05, 0.1) is 22.6 Å². The maximum atomic E-state index is 5.53. The van der Waals surface area contributed by atoms with Crippen LogP contribution in [-0.4, -0.2) is 29.9 Å². The Hall–Kier alpha value is -3.27. The van der Waals surface area contributed by atoms with Gasteiger partial charge in [0.1, 0.15) is 5.69 Å². The molecule has 2 aliphatic carbocycles. The van der Waals surface area contributed by atoms with Gasteiger partial charge in [-0.15, -0.1) is 4.80 Å². The number of fused-ring (bicyclic) bond motifs is 1. The highest BCUT2D eigenvalue weighted by Gasteiger charge is 2.34. The Kier molecular flexibility index (Phi) is 4.91. The minimum Gasteiger partial charge on any atom is -0.368 e. The molecule has 3 aromatic heterocycles. The molecule has 3 heterocycles. The summed E-state index contributed by atoms with van der Waals surface area (Å²) in [4.78, 5) is 14.2. The van der Waals surface area contributed by atoms with Crippen molar-refractivity contribution in [3.8, 4) is 17.5 Å². The summed E-state index contributed by atoms with van der Waals surface area (Å²) in [7, 11) is 0. The van der Waals surface area contributed by atoms with Crippen LogP contribution in [0.1, 0.15) is 72.7 Å². The second-order valence-electron chi connectivity index (χ2n) is 8.27. The van der Waals surface area contributed by atoms with Gasteiger partial charge in [-0.1, -0.05) is 31.1 Å². The van der Waals surface area contributed by atoms with E-state index in [4.69, 9.17) is 15.9 Å². The molecule has 2 aliphatic rings. The van der Waals surface area contributed by atoms with Gasteiger partial charge >= 0.3 is 0 Å². The zero-order valence-electron chi connectivity index (χ0n) is 17.2. The molecule has 0 aliphatic heterocycles. The molecule has 1 fully saturated rings. The predicted octanol–water partition coefficient (Wildman–Crippen LogP) is 3.35. The van der Waals surface area contributed by atoms with Crippen LogP contribution in [0.15, 0.2) is 24.7 Å². The quantitative estimate of drug-likeness (QED) is 0.664. The largest absolute Gasteiger partial charge is 0.368 e. The highest BCUT2D eigenvalue weighted by molar-refractivity contribution is 5.47. The number of pyridine rings is 1. The Morgan fingerprint density at radius 3 is 2.47 bits per heavy atom. The first-order valence-electron chi connectivity index (χ1n) is 10.7. The van der Waals surface area contributed by atoms with Crippen molar-refractivity contribution in [2.24, 2.45) is 5.92 Å². The third-order valence-corrected chi connectivity index (χ3v) is 6.27. The van der Waals surface area contributed by atoms with Gasteiger partial charge in [0.15, 0.2) is 0 Å². The number of nitrogen functional groups attached to an aromatic ring is 1. The zero-order valence-corrected chi connectivity index (χ0v) is 17.2. The summed E-state index contributed by atoms with van der Waals surface area (Å²) in [5.74, 6) is 7.75. The summed E-state index contributed by atoms with van der Waals surface area (Å²) in [6.07, 6.45) is 14.0. The van der Waals surface area contributed by atoms with Gasteiger partial charge < -0.3 is 5.73 Å². The average molecular weight is 400 g/mol. The molecule has 0 radical (unpaired) electrons. The number of hydrogen-bond acceptors (Lipinski definition) is 6. The molecular weight excluding hydrogens is 374 g/mol. The van der Waals surface area contributed by atoms with Crippen LogP contribution in [0.4, 0.5) is 5.95 Å². The van der Waals surface area contributed by atoms with Crippen LogP contribution in [0.5, 0.6) is 0 Å². The SMILES string of the molecule is Cc1ncc(C#Cc2cnc(N)nc2)cc1-n1nc2c(n1)C(C1CCCCC1)CC2. The van der Waals surface area contributed by atoms with E-state index in [0.717, 1.165) is 35.0 Å². The number of anilines is 1. The van der Waals surface area contributed by atoms with Crippen molar-refractivity contribution in [3.05, 3.63) is 52.9 Å². The fraction of sp³-hybridized carbons (Fsp3) is 0.435. The maximum Gasteiger partial charge on any atom is 0.219 e. The number of rotatable bonds is 2. The third kappa shape index (κ3) is 3.65. The van der Waals surface area contributed by atoms with Gasteiger partial charge in [-0.2, -0.15) is 10.2 Å². The smallest absolute Gasteiger partial charge is 0.219 e. The summed E-state index contributed by atoms with van der Waals surface area (Å²) < 4.78 is 0. The molecule has 1 unspecified atom stereocenters. The molecule has 1 saturated carbocycles. The van der Waals surface area contributed by atoms with E-state index in [0.29, 0.717) is 11.5 Å². The fourth-order valence-corrected chi connectivity index (χ4v) is 4.69. The van der Waals surface area contributed by atoms with Crippen molar-refractivity contribution in [1.29, 1.82) is 0 Å². The van der Waals surface area contributed by atoms with Crippen LogP contribution in [0.2, 0.25) is 0 Å². The highest BCUT2D eigenvalue weighted by atomic mass is 15.5. The van der Waals surface area contributed by atoms with Crippen LogP contribution >= 0.6 is 0 Å². The first kappa shape index (κ1) is 18.7. The van der Waals surface area contributed by atoms with E-state index in [2.05, 4.69) is 26.8 Å². The lowest BCUT2D eigenvalue weighted by atomic mass is 9.79. The van der Waals surface area contributed by atoms with Crippen molar-refractivity contribution in [2.75, 3.05) is 5.73 Å². The van der Waals surface area contributed by atoms with E-state index < -0.39 is 0 Å². The first-order valence-corrected chi connectivity index (χ1v) is 10.7. The maximum absolute atomic E-state index is 5.53. The summed E-state index contributed by atoms with van der Waals surface area (Å²) >= 11 is 0. The van der Waals surface area contributed by atoms with Crippen LogP contribution < -0.4 is 5.73 Å². The molecule has 7 heteroatoms. The number of nitrogens with zero attached hydrogens (tertiary/aromatic N) is 6. The monoisotopic (exact) mass is 399 g/mol. The summed E-state index contributed by atoms with van der Waals surface area (Å²) in [6.45, 7) is 1.98. The topological polar surface area (TPSA) is 95.4 Å². The Balaban J connectivity index is 1.43. The van der Waals surface area contributed by atoms with E-state index in [-0.39, 0.29) is 5.95 Å². The standard InChI is InChI=1S/C23H25N7/c1-15-21(11-16(12-25-15)7-8-17-13-26-23(24)27-14-17)30-28-20-10-9-19(22(20)29-30)18-5-3-2-4-6-18/h11-14,18-19H,2-6,9-10H2,1H3,(H2,24,26,27). The van der Waals surface area contributed by atoms with Gasteiger partial charge in [0.2, 0.25) is 5.95 Å². The Morgan fingerprint density at radius 1 is 0.933 bits per heavy atom. The average Bonchev–Trinajstić information content (AvgIpc) is 3.36. The van der Waals surface area contributed by atoms with Crippen molar-refractivity contribution in [3.63, 3.8) is 0 Å². The van der Waals surface area contributed by atoms with Crippen LogP contribution in [0, 0.1) is 24.7 Å². The predicted molar refractivity (Wildman–Crippen MR) is 114 cm³/mol. The minimum absolute atomic E-state index is 0.240. The first-order chi connectivity index (χ1) is 14.7. The van der Waals surface area contributed by atoms with E-state index in [1.165, 1.54) is 44.2 Å². The molecule has 0 saturated heterocycles. The van der Waals surface area contributed by atoms with Crippen molar-refractivity contribution in [1.82, 2.24) is 29.9 Å². The van der Waals surface area contributed by atoms with E-state index in [1.807, 2.05) is 13.0 Å². The Labute approximate surface area is 176 Å². The molecule has 0 amide bonds. The number of hydrogen-bond donors (Lipinski definition) is 1. The van der Waals surface area contributed by atoms with Crippen LogP contribution in [0.25, 0.3) is 5.69 Å². The van der Waals surface area contributed by atoms with Crippen molar-refractivity contribution in [2.45, 2.75) is 57.8 Å². The summed E-state index contributed by atoms with van der Waals surface area (Å²) in [5.41, 5.74) is 11.2. The molecule has 30 heavy (non-hydrogen) atoms. The Morgan fingerprint density at radius 2 is 1.67 bits per heavy atom. The van der Waals surface area contributed by atoms with Gasteiger partial charge in [0, 0.05) is 30.1 Å². The second kappa shape index (κ2) is 7.86. The third-order valence-electron chi connectivity index (χ3n) is 6.27. The zero-order chi connectivity index (χ0) is 20.5. The second-order valence-corrected chi connectivity index (χ2v) is 8.27. The lowest BCUT2D eigenvalue weighted by Gasteiger charge is -2.26. The molecule has 2 N–H and O–H groups in total. The molecule has 0 bridgehead atoms. The lowest BCUT2D eigenvalue weighted by Crippen LogP contribution is -2.15. The normalized spacial score (nSPS) is 18.6. The summed E-state index contributed by atoms with van der Waals surface area (Å²) in [5, 5.41) is 9.75. The van der Waals surface area contributed by atoms with Crippen molar-refractivity contribution < 1.29 is 0 Å². The van der Waals surface area contributed by atoms with Gasteiger partial charge in [-0.3, -0.25) is 4.98 Å². The van der Waals surface area contributed by atoms with Gasteiger partial charge in [-0.05, 0) is 44.6 Å². The lowest BCUT2D eigenvalue weighted by molar-refractivity contribution is 0.298. The van der Waals surface area contributed by atoms with Crippen LogP contribution in [-0.2, 0) is 6.42 Å². The molecule has 152 valence electrons. The molecule has 1 atom stereocenters. The summed E-state index contributed by atoms with van der Waals surface area (Å²) in [6, 6.07) is 2.00. The van der Waals surface area contributed by atoms with Crippen LogP contribution in [0.3, 0.4) is 0 Å². The molecule has 0 spiro atoms. The molecule has 7 nitrogen and oxygen atoms in total. The van der Waals surface area contributed by atoms with Crippen molar-refractivity contribution >= 4 is 5.95 Å². The van der Waals surface area contributed by atoms with Gasteiger partial charge in [0.25, 0.3) is 0 Å². The van der Waals surface area contributed by atoms with E-state index in [1.54, 1.807) is 23.4 Å². The number of aromatic nitrogens is 6. The molecule has 5 rings (SSSR count). The molecule has 3 aromatic rings. The Bertz CT molecular complexity index is 1110. The van der Waals surface area contributed by atoms with E-state index in [9.17, 15) is 0 Å². The minimum atomic E-state index is 0.240. The fourth-order valence-electron chi connectivity index (χ4n) is 4.69. The van der Waals surface area contributed by atoms with Gasteiger partial charge in [-0.25, -0.2) is 9.97 Å². The van der Waals surface area contributed by atoms with E-state index >= 15 is 0 Å².